The Balaban J connectivity index is 2.79. The number of thioether (sulfide) groups is 1. The van der Waals surface area contributed by atoms with Gasteiger partial charge in [-0.3, -0.25) is 9.00 Å². The van der Waals surface area contributed by atoms with Gasteiger partial charge in [-0.05, 0) is 32.9 Å². The highest BCUT2D eigenvalue weighted by Crippen LogP contribution is 2.44. The molecule has 1 heterocycles. The molecule has 0 aromatic carbocycles. The first-order valence-electron chi connectivity index (χ1n) is 5.74. The Hall–Kier alpha value is -0.0700. The number of hydrogen-bond donors (Lipinski definition) is 1. The van der Waals surface area contributed by atoms with E-state index in [-0.39, 0.29) is 6.42 Å². The maximum Gasteiger partial charge on any atom is 0.308 e. The van der Waals surface area contributed by atoms with Crippen molar-refractivity contribution in [2.75, 3.05) is 18.1 Å². The molecule has 0 unspecified atom stereocenters. The Morgan fingerprint density at radius 2 is 2.29 bits per heavy atom. The summed E-state index contributed by atoms with van der Waals surface area (Å²) in [7, 11) is -1.13. The second-order valence-electron chi connectivity index (χ2n) is 4.45. The molecule has 1 fully saturated rings. The third-order valence-corrected chi connectivity index (χ3v) is 7.42. The standard InChI is InChI=1S/C11H20O4S2/c1-4-15-9(12)8-10(2,13)11(3)16-6-5-7-17(11)14/h13H,4-8H2,1-3H3/t10-,11+,17-/m1/s1. The first kappa shape index (κ1) is 15.0. The lowest BCUT2D eigenvalue weighted by Crippen LogP contribution is -2.54. The van der Waals surface area contributed by atoms with Crippen LogP contribution >= 0.6 is 11.8 Å². The summed E-state index contributed by atoms with van der Waals surface area (Å²) in [5.41, 5.74) is -1.31. The zero-order chi connectivity index (χ0) is 13.1. The molecule has 0 saturated carbocycles. The highest BCUT2D eigenvalue weighted by atomic mass is 32.2. The highest BCUT2D eigenvalue weighted by Gasteiger charge is 2.51. The molecule has 6 heteroatoms. The van der Waals surface area contributed by atoms with Crippen LogP contribution in [0.4, 0.5) is 0 Å². The van der Waals surface area contributed by atoms with Crippen LogP contribution in [-0.4, -0.2) is 43.1 Å². The van der Waals surface area contributed by atoms with Crippen LogP contribution in [0.2, 0.25) is 0 Å². The van der Waals surface area contributed by atoms with Gasteiger partial charge >= 0.3 is 5.97 Å². The van der Waals surface area contributed by atoms with Crippen molar-refractivity contribution in [2.24, 2.45) is 0 Å². The van der Waals surface area contributed by atoms with Crippen molar-refractivity contribution in [1.29, 1.82) is 0 Å². The molecule has 0 amide bonds. The Bertz CT molecular complexity index is 317. The van der Waals surface area contributed by atoms with Gasteiger partial charge in [-0.2, -0.15) is 0 Å². The van der Waals surface area contributed by atoms with E-state index in [1.165, 1.54) is 11.8 Å². The molecule has 4 nitrogen and oxygen atoms in total. The van der Waals surface area contributed by atoms with Crippen molar-refractivity contribution >= 4 is 28.5 Å². The summed E-state index contributed by atoms with van der Waals surface area (Å²) >= 11 is 1.48. The highest BCUT2D eigenvalue weighted by molar-refractivity contribution is 8.13. The number of hydrogen-bond acceptors (Lipinski definition) is 5. The summed E-state index contributed by atoms with van der Waals surface area (Å²) < 4.78 is 16.1. The van der Waals surface area contributed by atoms with Gasteiger partial charge in [0.1, 0.15) is 4.08 Å². The fraction of sp³-hybridized carbons (Fsp3) is 0.909. The second kappa shape index (κ2) is 5.71. The lowest BCUT2D eigenvalue weighted by atomic mass is 9.98. The van der Waals surface area contributed by atoms with Gasteiger partial charge in [-0.25, -0.2) is 0 Å². The molecule has 17 heavy (non-hydrogen) atoms. The molecule has 0 bridgehead atoms. The lowest BCUT2D eigenvalue weighted by molar-refractivity contribution is -0.148. The van der Waals surface area contributed by atoms with Gasteiger partial charge in [0.2, 0.25) is 0 Å². The topological polar surface area (TPSA) is 63.6 Å². The van der Waals surface area contributed by atoms with Crippen molar-refractivity contribution < 1.29 is 18.8 Å². The molecule has 0 aromatic heterocycles. The van der Waals surface area contributed by atoms with E-state index in [0.29, 0.717) is 12.4 Å². The first-order chi connectivity index (χ1) is 7.83. The van der Waals surface area contributed by atoms with E-state index in [2.05, 4.69) is 0 Å². The van der Waals surface area contributed by atoms with Gasteiger partial charge in [0, 0.05) is 16.6 Å². The summed E-state index contributed by atoms with van der Waals surface area (Å²) in [5.74, 6) is 1.01. The van der Waals surface area contributed by atoms with E-state index in [0.717, 1.165) is 12.2 Å². The maximum absolute atomic E-state index is 12.1. The minimum Gasteiger partial charge on any atom is -0.466 e. The van der Waals surface area contributed by atoms with E-state index >= 15 is 0 Å². The first-order valence-corrected chi connectivity index (χ1v) is 8.04. The number of aliphatic hydroxyl groups is 1. The number of carbonyl (C=O) groups excluding carboxylic acids is 1. The van der Waals surface area contributed by atoms with E-state index < -0.39 is 26.4 Å². The molecule has 1 aliphatic heterocycles. The molecule has 1 N–H and O–H groups in total. The summed E-state index contributed by atoms with van der Waals surface area (Å²) in [5, 5.41) is 10.5. The number of esters is 1. The molecule has 0 aliphatic carbocycles. The Labute approximate surface area is 109 Å². The van der Waals surface area contributed by atoms with E-state index in [1.807, 2.05) is 0 Å². The van der Waals surface area contributed by atoms with Crippen LogP contribution in [0.25, 0.3) is 0 Å². The van der Waals surface area contributed by atoms with E-state index in [1.54, 1.807) is 20.8 Å². The normalized spacial score (nSPS) is 32.8. The van der Waals surface area contributed by atoms with Crippen LogP contribution in [0.3, 0.4) is 0 Å². The number of carbonyl (C=O) groups is 1. The van der Waals surface area contributed by atoms with Crippen LogP contribution in [0.5, 0.6) is 0 Å². The number of ether oxygens (including phenoxy) is 1. The average Bonchev–Trinajstić information content (AvgIpc) is 2.21. The van der Waals surface area contributed by atoms with Crippen molar-refractivity contribution in [1.82, 2.24) is 0 Å². The molecule has 3 atom stereocenters. The van der Waals surface area contributed by atoms with Crippen LogP contribution < -0.4 is 0 Å². The Kier molecular flexibility index (Phi) is 5.04. The SMILES string of the molecule is CCOC(=O)C[C@@](C)(O)[C@@]1(C)SCCC[S@]1=O. The molecule has 1 aliphatic rings. The molecule has 100 valence electrons. The number of rotatable bonds is 4. The lowest BCUT2D eigenvalue weighted by Gasteiger charge is -2.43. The van der Waals surface area contributed by atoms with Gasteiger partial charge in [0.05, 0.1) is 18.6 Å². The fourth-order valence-corrected chi connectivity index (χ4v) is 5.40. The van der Waals surface area contributed by atoms with Crippen molar-refractivity contribution in [3.63, 3.8) is 0 Å². The Morgan fingerprint density at radius 1 is 1.65 bits per heavy atom. The predicted molar refractivity (Wildman–Crippen MR) is 70.4 cm³/mol. The van der Waals surface area contributed by atoms with E-state index in [4.69, 9.17) is 4.74 Å². The predicted octanol–water partition coefficient (Wildman–Crippen LogP) is 1.29. The zero-order valence-corrected chi connectivity index (χ0v) is 12.2. The molecule has 0 aromatic rings. The second-order valence-corrected chi connectivity index (χ2v) is 8.14. The molecule has 0 radical (unpaired) electrons. The van der Waals surface area contributed by atoms with Crippen LogP contribution in [0, 0.1) is 0 Å². The van der Waals surface area contributed by atoms with Gasteiger partial charge in [0.25, 0.3) is 0 Å². The van der Waals surface area contributed by atoms with Crippen molar-refractivity contribution in [3.8, 4) is 0 Å². The maximum atomic E-state index is 12.1. The molecule has 0 spiro atoms. The van der Waals surface area contributed by atoms with Gasteiger partial charge in [0.15, 0.2) is 0 Å². The minimum absolute atomic E-state index is 0.115. The van der Waals surface area contributed by atoms with Crippen molar-refractivity contribution in [3.05, 3.63) is 0 Å². The van der Waals surface area contributed by atoms with Gasteiger partial charge in [-0.1, -0.05) is 0 Å². The molecular weight excluding hydrogens is 260 g/mol. The van der Waals surface area contributed by atoms with E-state index in [9.17, 15) is 14.1 Å². The van der Waals surface area contributed by atoms with Crippen LogP contribution in [0.15, 0.2) is 0 Å². The molecular formula is C11H20O4S2. The summed E-state index contributed by atoms with van der Waals surface area (Å²) in [6.45, 7) is 5.36. The zero-order valence-electron chi connectivity index (χ0n) is 10.5. The third-order valence-electron chi connectivity index (χ3n) is 3.06. The van der Waals surface area contributed by atoms with Gasteiger partial charge < -0.3 is 9.84 Å². The molecule has 1 saturated heterocycles. The van der Waals surface area contributed by atoms with Crippen molar-refractivity contribution in [2.45, 2.75) is 43.3 Å². The summed E-state index contributed by atoms with van der Waals surface area (Å²) in [6.07, 6.45) is 0.776. The fourth-order valence-electron chi connectivity index (χ4n) is 1.77. The Morgan fingerprint density at radius 3 is 2.82 bits per heavy atom. The molecule has 1 rings (SSSR count). The quantitative estimate of drug-likeness (QED) is 0.786. The van der Waals surface area contributed by atoms with Gasteiger partial charge in [-0.15, -0.1) is 11.8 Å². The monoisotopic (exact) mass is 280 g/mol. The van der Waals surface area contributed by atoms with Crippen LogP contribution in [-0.2, 0) is 20.3 Å². The summed E-state index contributed by atoms with van der Waals surface area (Å²) in [4.78, 5) is 11.5. The largest absolute Gasteiger partial charge is 0.466 e. The smallest absolute Gasteiger partial charge is 0.308 e. The minimum atomic E-state index is -1.31. The van der Waals surface area contributed by atoms with Crippen LogP contribution in [0.1, 0.15) is 33.6 Å². The third kappa shape index (κ3) is 3.23. The summed E-state index contributed by atoms with van der Waals surface area (Å²) in [6, 6.07) is 0. The average molecular weight is 280 g/mol.